The number of aromatic nitrogens is 1. The molecule has 1 amide bonds. The van der Waals surface area contributed by atoms with Crippen molar-refractivity contribution in [1.82, 2.24) is 4.98 Å². The van der Waals surface area contributed by atoms with Gasteiger partial charge in [-0.05, 0) is 25.0 Å². The van der Waals surface area contributed by atoms with E-state index >= 15 is 0 Å². The highest BCUT2D eigenvalue weighted by atomic mass is 32.1. The summed E-state index contributed by atoms with van der Waals surface area (Å²) in [5.74, 6) is -0.0580. The molecular weight excluding hydrogens is 258 g/mol. The minimum Gasteiger partial charge on any atom is -0.359 e. The second-order valence-corrected chi connectivity index (χ2v) is 5.57. The molecule has 1 saturated carbocycles. The maximum atomic E-state index is 10.9. The van der Waals surface area contributed by atoms with Crippen LogP contribution in [0.15, 0.2) is 29.6 Å². The van der Waals surface area contributed by atoms with Crippen LogP contribution in [0.5, 0.6) is 0 Å². The molecule has 98 valence electrons. The lowest BCUT2D eigenvalue weighted by Gasteiger charge is -2.02. The molecule has 0 spiro atoms. The number of rotatable bonds is 4. The summed E-state index contributed by atoms with van der Waals surface area (Å²) < 4.78 is 0. The van der Waals surface area contributed by atoms with E-state index in [1.54, 1.807) is 11.3 Å². The van der Waals surface area contributed by atoms with Gasteiger partial charge in [0.15, 0.2) is 5.13 Å². The van der Waals surface area contributed by atoms with Crippen LogP contribution in [-0.4, -0.2) is 16.9 Å². The van der Waals surface area contributed by atoms with E-state index < -0.39 is 0 Å². The first-order valence-electron chi connectivity index (χ1n) is 6.31. The first-order chi connectivity index (χ1) is 9.20. The Morgan fingerprint density at radius 1 is 1.32 bits per heavy atom. The van der Waals surface area contributed by atoms with Gasteiger partial charge >= 0.3 is 0 Å². The highest BCUT2D eigenvalue weighted by molar-refractivity contribution is 7.14. The molecule has 1 heterocycles. The zero-order chi connectivity index (χ0) is 13.2. The lowest BCUT2D eigenvalue weighted by Crippen LogP contribution is -2.05. The van der Waals surface area contributed by atoms with E-state index in [1.165, 1.54) is 19.8 Å². The number of carbonyl (C=O) groups is 1. The maximum absolute atomic E-state index is 10.9. The van der Waals surface area contributed by atoms with Crippen LogP contribution in [0.25, 0.3) is 11.3 Å². The Hall–Kier alpha value is -1.88. The van der Waals surface area contributed by atoms with Crippen molar-refractivity contribution in [2.45, 2.75) is 25.8 Å². The molecule has 1 aliphatic carbocycles. The summed E-state index contributed by atoms with van der Waals surface area (Å²) >= 11 is 1.64. The van der Waals surface area contributed by atoms with E-state index in [0.29, 0.717) is 6.04 Å². The van der Waals surface area contributed by atoms with Gasteiger partial charge in [-0.15, -0.1) is 11.3 Å². The smallest absolute Gasteiger partial charge is 0.221 e. The van der Waals surface area contributed by atoms with E-state index in [9.17, 15) is 4.79 Å². The fourth-order valence-electron chi connectivity index (χ4n) is 1.80. The quantitative estimate of drug-likeness (QED) is 0.898. The summed E-state index contributed by atoms with van der Waals surface area (Å²) in [6.07, 6.45) is 2.50. The molecule has 0 bridgehead atoms. The molecule has 2 N–H and O–H groups in total. The van der Waals surface area contributed by atoms with Crippen LogP contribution in [0, 0.1) is 0 Å². The zero-order valence-electron chi connectivity index (χ0n) is 10.6. The summed E-state index contributed by atoms with van der Waals surface area (Å²) in [7, 11) is 0. The first-order valence-corrected chi connectivity index (χ1v) is 7.19. The Labute approximate surface area is 115 Å². The SMILES string of the molecule is CC(=O)Nc1ccc(-c2csc(NC3CC3)n2)cc1. The molecule has 0 saturated heterocycles. The van der Waals surface area contributed by atoms with Crippen molar-refractivity contribution in [2.24, 2.45) is 0 Å². The summed E-state index contributed by atoms with van der Waals surface area (Å²) in [6, 6.07) is 8.36. The monoisotopic (exact) mass is 273 g/mol. The normalized spacial score (nSPS) is 14.2. The second-order valence-electron chi connectivity index (χ2n) is 4.72. The van der Waals surface area contributed by atoms with Crippen LogP contribution < -0.4 is 10.6 Å². The Morgan fingerprint density at radius 3 is 2.68 bits per heavy atom. The number of hydrogen-bond donors (Lipinski definition) is 2. The van der Waals surface area contributed by atoms with Gasteiger partial charge < -0.3 is 10.6 Å². The largest absolute Gasteiger partial charge is 0.359 e. The van der Waals surface area contributed by atoms with Gasteiger partial charge in [-0.2, -0.15) is 0 Å². The van der Waals surface area contributed by atoms with Crippen molar-refractivity contribution in [3.8, 4) is 11.3 Å². The van der Waals surface area contributed by atoms with Gasteiger partial charge in [-0.3, -0.25) is 4.79 Å². The summed E-state index contributed by atoms with van der Waals surface area (Å²) in [6.45, 7) is 1.50. The Kier molecular flexibility index (Phi) is 3.21. The van der Waals surface area contributed by atoms with Gasteiger partial charge in [0, 0.05) is 29.6 Å². The van der Waals surface area contributed by atoms with E-state index in [-0.39, 0.29) is 5.91 Å². The third kappa shape index (κ3) is 3.12. The average molecular weight is 273 g/mol. The lowest BCUT2D eigenvalue weighted by molar-refractivity contribution is -0.114. The third-order valence-corrected chi connectivity index (χ3v) is 3.68. The molecule has 4 nitrogen and oxygen atoms in total. The Bertz CT molecular complexity index is 587. The molecule has 1 aromatic carbocycles. The highest BCUT2D eigenvalue weighted by Gasteiger charge is 2.22. The molecule has 19 heavy (non-hydrogen) atoms. The molecule has 1 aromatic heterocycles. The van der Waals surface area contributed by atoms with Crippen LogP contribution >= 0.6 is 11.3 Å². The van der Waals surface area contributed by atoms with Crippen LogP contribution in [0.1, 0.15) is 19.8 Å². The molecule has 5 heteroatoms. The fraction of sp³-hybridized carbons (Fsp3) is 0.286. The van der Waals surface area contributed by atoms with E-state index in [0.717, 1.165) is 22.1 Å². The van der Waals surface area contributed by atoms with E-state index in [2.05, 4.69) is 21.0 Å². The van der Waals surface area contributed by atoms with Gasteiger partial charge in [-0.25, -0.2) is 4.98 Å². The fourth-order valence-corrected chi connectivity index (χ4v) is 2.60. The molecule has 0 aliphatic heterocycles. The van der Waals surface area contributed by atoms with Crippen molar-refractivity contribution >= 4 is 28.1 Å². The molecule has 0 atom stereocenters. The number of carbonyl (C=O) groups excluding carboxylic acids is 1. The first kappa shape index (κ1) is 12.2. The molecule has 3 rings (SSSR count). The molecule has 0 unspecified atom stereocenters. The van der Waals surface area contributed by atoms with Gasteiger partial charge in [0.25, 0.3) is 0 Å². The van der Waals surface area contributed by atoms with E-state index in [4.69, 9.17) is 0 Å². The molecule has 1 fully saturated rings. The minimum atomic E-state index is -0.0580. The van der Waals surface area contributed by atoms with Crippen LogP contribution in [-0.2, 0) is 4.79 Å². The number of nitrogens with zero attached hydrogens (tertiary/aromatic N) is 1. The second kappa shape index (κ2) is 5.01. The van der Waals surface area contributed by atoms with Crippen LogP contribution in [0.2, 0.25) is 0 Å². The average Bonchev–Trinajstić information content (AvgIpc) is 3.06. The number of nitrogens with one attached hydrogen (secondary N) is 2. The van der Waals surface area contributed by atoms with Crippen molar-refractivity contribution in [1.29, 1.82) is 0 Å². The van der Waals surface area contributed by atoms with Gasteiger partial charge in [0.1, 0.15) is 0 Å². The third-order valence-electron chi connectivity index (χ3n) is 2.91. The van der Waals surface area contributed by atoms with Gasteiger partial charge in [0.2, 0.25) is 5.91 Å². The Morgan fingerprint density at radius 2 is 2.05 bits per heavy atom. The summed E-state index contributed by atoms with van der Waals surface area (Å²) in [5, 5.41) is 9.19. The summed E-state index contributed by atoms with van der Waals surface area (Å²) in [5.41, 5.74) is 2.85. The number of anilines is 2. The summed E-state index contributed by atoms with van der Waals surface area (Å²) in [4.78, 5) is 15.5. The number of benzene rings is 1. The maximum Gasteiger partial charge on any atom is 0.221 e. The predicted octanol–water partition coefficient (Wildman–Crippen LogP) is 3.34. The molecular formula is C14H15N3OS. The van der Waals surface area contributed by atoms with Crippen LogP contribution in [0.3, 0.4) is 0 Å². The van der Waals surface area contributed by atoms with Crippen molar-refractivity contribution in [2.75, 3.05) is 10.6 Å². The standard InChI is InChI=1S/C14H15N3OS/c1-9(18)15-11-4-2-10(3-5-11)13-8-19-14(17-13)16-12-6-7-12/h2-5,8,12H,6-7H2,1H3,(H,15,18)(H,16,17). The van der Waals surface area contributed by atoms with Crippen LogP contribution in [0.4, 0.5) is 10.8 Å². The van der Waals surface area contributed by atoms with Gasteiger partial charge in [-0.1, -0.05) is 12.1 Å². The molecule has 0 radical (unpaired) electrons. The number of thiazole rings is 1. The van der Waals surface area contributed by atoms with E-state index in [1.807, 2.05) is 24.3 Å². The number of amides is 1. The lowest BCUT2D eigenvalue weighted by atomic mass is 10.1. The topological polar surface area (TPSA) is 54.0 Å². The molecule has 2 aromatic rings. The Balaban J connectivity index is 1.73. The number of hydrogen-bond acceptors (Lipinski definition) is 4. The highest BCUT2D eigenvalue weighted by Crippen LogP contribution is 2.30. The minimum absolute atomic E-state index is 0.0580. The van der Waals surface area contributed by atoms with Gasteiger partial charge in [0.05, 0.1) is 5.69 Å². The predicted molar refractivity (Wildman–Crippen MR) is 78.5 cm³/mol. The van der Waals surface area contributed by atoms with Crippen molar-refractivity contribution < 1.29 is 4.79 Å². The molecule has 1 aliphatic rings. The zero-order valence-corrected chi connectivity index (χ0v) is 11.5. The van der Waals surface area contributed by atoms with Crippen molar-refractivity contribution in [3.05, 3.63) is 29.6 Å². The van der Waals surface area contributed by atoms with Crippen molar-refractivity contribution in [3.63, 3.8) is 0 Å².